The molecule has 1 aromatic carbocycles. The Morgan fingerprint density at radius 2 is 1.96 bits per heavy atom. The third-order valence-electron chi connectivity index (χ3n) is 5.01. The average molecular weight is 407 g/mol. The molecule has 0 saturated carbocycles. The highest BCUT2D eigenvalue weighted by Crippen LogP contribution is 2.28. The molecular formula is C21H30N2O4S. The van der Waals surface area contributed by atoms with E-state index in [9.17, 15) is 14.4 Å². The molecule has 0 spiro atoms. The molecule has 6 nitrogen and oxygen atoms in total. The molecule has 1 saturated heterocycles. The first kappa shape index (κ1) is 22.6. The van der Waals surface area contributed by atoms with Crippen LogP contribution in [0.25, 0.3) is 0 Å². The van der Waals surface area contributed by atoms with Gasteiger partial charge in [0.2, 0.25) is 11.8 Å². The lowest BCUT2D eigenvalue weighted by Gasteiger charge is -2.30. The van der Waals surface area contributed by atoms with E-state index in [4.69, 9.17) is 5.11 Å². The summed E-state index contributed by atoms with van der Waals surface area (Å²) in [5.41, 5.74) is 1.59. The van der Waals surface area contributed by atoms with Crippen molar-refractivity contribution in [3.8, 4) is 0 Å². The number of piperidine rings is 1. The Morgan fingerprint density at radius 3 is 2.68 bits per heavy atom. The monoisotopic (exact) mass is 406 g/mol. The van der Waals surface area contributed by atoms with Crippen molar-refractivity contribution in [1.29, 1.82) is 0 Å². The smallest absolute Gasteiger partial charge is 0.243 e. The van der Waals surface area contributed by atoms with Crippen molar-refractivity contribution < 1.29 is 19.5 Å². The van der Waals surface area contributed by atoms with Crippen LogP contribution in [0.3, 0.4) is 0 Å². The standard InChI is InChI=1S/C21H30N2O4S/c1-23(18-10-11-20(26)22-21(18)27)14-17-16(15-25)8-7-9-19(17)28-13-6-4-2-3-5-12-24/h7-9,15,18,24H,2-6,10-14H2,1H3,(H,22,26,27). The number of imide groups is 1. The maximum absolute atomic E-state index is 12.1. The highest BCUT2D eigenvalue weighted by Gasteiger charge is 2.30. The zero-order valence-corrected chi connectivity index (χ0v) is 17.3. The van der Waals surface area contributed by atoms with Gasteiger partial charge in [0.1, 0.15) is 6.29 Å². The molecule has 2 N–H and O–H groups in total. The molecule has 0 bridgehead atoms. The summed E-state index contributed by atoms with van der Waals surface area (Å²) in [6.45, 7) is 0.747. The number of unbranched alkanes of at least 4 members (excludes halogenated alkanes) is 4. The number of nitrogens with zero attached hydrogens (tertiary/aromatic N) is 1. The minimum absolute atomic E-state index is 0.224. The Hall–Kier alpha value is -1.70. The zero-order valence-electron chi connectivity index (χ0n) is 16.5. The number of benzene rings is 1. The number of carbonyl (C=O) groups excluding carboxylic acids is 3. The molecule has 1 atom stereocenters. The fourth-order valence-electron chi connectivity index (χ4n) is 3.39. The van der Waals surface area contributed by atoms with Gasteiger partial charge in [0.15, 0.2) is 0 Å². The molecule has 1 aliphatic rings. The van der Waals surface area contributed by atoms with E-state index in [-0.39, 0.29) is 24.5 Å². The van der Waals surface area contributed by atoms with Gasteiger partial charge in [0.05, 0.1) is 6.04 Å². The minimum Gasteiger partial charge on any atom is -0.396 e. The van der Waals surface area contributed by atoms with Crippen LogP contribution in [-0.4, -0.2) is 53.6 Å². The number of rotatable bonds is 12. The van der Waals surface area contributed by atoms with Crippen molar-refractivity contribution in [2.45, 2.75) is 62.4 Å². The molecule has 0 aliphatic carbocycles. The number of hydrogen-bond acceptors (Lipinski definition) is 6. The number of aliphatic hydroxyl groups is 1. The van der Waals surface area contributed by atoms with Crippen molar-refractivity contribution >= 4 is 29.9 Å². The molecule has 7 heteroatoms. The predicted octanol–water partition coefficient (Wildman–Crippen LogP) is 2.77. The molecule has 1 aliphatic heterocycles. The third-order valence-corrected chi connectivity index (χ3v) is 6.19. The van der Waals surface area contributed by atoms with Gasteiger partial charge in [-0.15, -0.1) is 11.8 Å². The predicted molar refractivity (Wildman–Crippen MR) is 110 cm³/mol. The fraction of sp³-hybridized carbons (Fsp3) is 0.571. The maximum Gasteiger partial charge on any atom is 0.243 e. The summed E-state index contributed by atoms with van der Waals surface area (Å²) < 4.78 is 0. The first-order valence-electron chi connectivity index (χ1n) is 9.91. The second kappa shape index (κ2) is 12.0. The summed E-state index contributed by atoms with van der Waals surface area (Å²) in [5.74, 6) is 0.480. The quantitative estimate of drug-likeness (QED) is 0.240. The number of likely N-dealkylation sites (N-methyl/N-ethyl adjacent to an activating group) is 1. The topological polar surface area (TPSA) is 86.7 Å². The Morgan fingerprint density at radius 1 is 1.21 bits per heavy atom. The van der Waals surface area contributed by atoms with Gasteiger partial charge >= 0.3 is 0 Å². The van der Waals surface area contributed by atoms with Gasteiger partial charge in [-0.25, -0.2) is 0 Å². The fourth-order valence-corrected chi connectivity index (χ4v) is 4.49. The van der Waals surface area contributed by atoms with E-state index >= 15 is 0 Å². The number of thioether (sulfide) groups is 1. The van der Waals surface area contributed by atoms with Crippen molar-refractivity contribution in [3.63, 3.8) is 0 Å². The number of carbonyl (C=O) groups is 3. The van der Waals surface area contributed by atoms with E-state index < -0.39 is 0 Å². The van der Waals surface area contributed by atoms with Crippen LogP contribution in [0.2, 0.25) is 0 Å². The molecule has 1 unspecified atom stereocenters. The van der Waals surface area contributed by atoms with E-state index in [0.717, 1.165) is 54.6 Å². The SMILES string of the molecule is CN(Cc1c(C=O)cccc1SCCCCCCCO)C1CCC(=O)NC1=O. The Balaban J connectivity index is 1.97. The number of amides is 2. The van der Waals surface area contributed by atoms with Gasteiger partial charge in [-0.1, -0.05) is 31.4 Å². The normalized spacial score (nSPS) is 17.0. The maximum atomic E-state index is 12.1. The second-order valence-corrected chi connectivity index (χ2v) is 8.30. The summed E-state index contributed by atoms with van der Waals surface area (Å²) in [6.07, 6.45) is 6.98. The van der Waals surface area contributed by atoms with Crippen LogP contribution in [0.15, 0.2) is 23.1 Å². The van der Waals surface area contributed by atoms with Crippen molar-refractivity contribution in [2.75, 3.05) is 19.4 Å². The second-order valence-electron chi connectivity index (χ2n) is 7.16. The minimum atomic E-state index is -0.359. The van der Waals surface area contributed by atoms with Crippen LogP contribution in [0.1, 0.15) is 60.9 Å². The summed E-state index contributed by atoms with van der Waals surface area (Å²) in [6, 6.07) is 5.36. The van der Waals surface area contributed by atoms with Crippen LogP contribution < -0.4 is 5.32 Å². The average Bonchev–Trinajstić information content (AvgIpc) is 2.68. The van der Waals surface area contributed by atoms with Crippen LogP contribution >= 0.6 is 11.8 Å². The molecular weight excluding hydrogens is 376 g/mol. The van der Waals surface area contributed by atoms with E-state index in [1.807, 2.05) is 24.1 Å². The van der Waals surface area contributed by atoms with Crippen molar-refractivity contribution in [1.82, 2.24) is 10.2 Å². The number of aliphatic hydroxyl groups excluding tert-OH is 1. The number of aldehydes is 1. The van der Waals surface area contributed by atoms with Gasteiger partial charge in [0, 0.05) is 30.0 Å². The van der Waals surface area contributed by atoms with Gasteiger partial charge in [0.25, 0.3) is 0 Å². The van der Waals surface area contributed by atoms with E-state index in [0.29, 0.717) is 24.9 Å². The van der Waals surface area contributed by atoms with Crippen LogP contribution in [-0.2, 0) is 16.1 Å². The summed E-state index contributed by atoms with van der Waals surface area (Å²) in [5, 5.41) is 11.2. The van der Waals surface area contributed by atoms with Crippen LogP contribution in [0.4, 0.5) is 0 Å². The molecule has 0 radical (unpaired) electrons. The largest absolute Gasteiger partial charge is 0.396 e. The summed E-state index contributed by atoms with van der Waals surface area (Å²) in [7, 11) is 1.86. The van der Waals surface area contributed by atoms with Crippen molar-refractivity contribution in [2.24, 2.45) is 0 Å². The molecule has 1 aromatic rings. The summed E-state index contributed by atoms with van der Waals surface area (Å²) >= 11 is 1.74. The van der Waals surface area contributed by atoms with E-state index in [2.05, 4.69) is 5.32 Å². The lowest BCUT2D eigenvalue weighted by atomic mass is 10.0. The van der Waals surface area contributed by atoms with Gasteiger partial charge in [-0.05, 0) is 43.7 Å². The molecule has 0 aromatic heterocycles. The molecule has 28 heavy (non-hydrogen) atoms. The summed E-state index contributed by atoms with van der Waals surface area (Å²) in [4.78, 5) is 38.0. The van der Waals surface area contributed by atoms with Crippen LogP contribution in [0, 0.1) is 0 Å². The molecule has 1 heterocycles. The number of nitrogens with one attached hydrogen (secondary N) is 1. The Kier molecular flexibility index (Phi) is 9.67. The lowest BCUT2D eigenvalue weighted by Crippen LogP contribution is -2.51. The molecule has 154 valence electrons. The lowest BCUT2D eigenvalue weighted by molar-refractivity contribution is -0.137. The van der Waals surface area contributed by atoms with Gasteiger partial charge < -0.3 is 5.11 Å². The van der Waals surface area contributed by atoms with E-state index in [1.165, 1.54) is 0 Å². The first-order valence-corrected chi connectivity index (χ1v) is 10.9. The molecule has 1 fully saturated rings. The zero-order chi connectivity index (χ0) is 20.4. The van der Waals surface area contributed by atoms with Crippen molar-refractivity contribution in [3.05, 3.63) is 29.3 Å². The van der Waals surface area contributed by atoms with Crippen LogP contribution in [0.5, 0.6) is 0 Å². The Labute approximate surface area is 171 Å². The van der Waals surface area contributed by atoms with Gasteiger partial charge in [-0.3, -0.25) is 24.6 Å². The molecule has 2 amide bonds. The van der Waals surface area contributed by atoms with E-state index in [1.54, 1.807) is 17.8 Å². The first-order chi connectivity index (χ1) is 13.6. The Bertz CT molecular complexity index is 680. The highest BCUT2D eigenvalue weighted by molar-refractivity contribution is 7.99. The molecule has 2 rings (SSSR count). The third kappa shape index (κ3) is 6.72. The highest BCUT2D eigenvalue weighted by atomic mass is 32.2. The van der Waals surface area contributed by atoms with Gasteiger partial charge in [-0.2, -0.15) is 0 Å². The number of hydrogen-bond donors (Lipinski definition) is 2.